The van der Waals surface area contributed by atoms with Crippen LogP contribution in [0.15, 0.2) is 211 Å². The van der Waals surface area contributed by atoms with Crippen LogP contribution in [0.25, 0.3) is 121 Å². The van der Waals surface area contributed by atoms with E-state index in [1.807, 2.05) is 90.5 Å². The lowest BCUT2D eigenvalue weighted by Gasteiger charge is -2.12. The van der Waals surface area contributed by atoms with Crippen LogP contribution in [0.4, 0.5) is 0 Å². The molecule has 0 saturated carbocycles. The summed E-state index contributed by atoms with van der Waals surface area (Å²) >= 11 is 1.84. The minimum Gasteiger partial charge on any atom is -0.455 e. The Kier molecular flexibility index (Phi) is 8.61. The van der Waals surface area contributed by atoms with Crippen LogP contribution < -0.4 is 0 Å². The number of benzene rings is 8. The highest BCUT2D eigenvalue weighted by molar-refractivity contribution is 7.25. The molecule has 0 aliphatic carbocycles. The quantitative estimate of drug-likeness (QED) is 0.160. The second-order valence-corrected chi connectivity index (χ2v) is 16.5. The van der Waals surface area contributed by atoms with E-state index in [9.17, 15) is 0 Å². The molecule has 0 bridgehead atoms. The standard InChI is InChI=1S/C56H34N4OS/c1-3-12-35(13-4-1)41-33-57-55(58-34-41)39-26-28-40(29-27-39)56-59-47(37-14-5-2-6-15-37)32-48(60-56)38-24-22-36(23-25-38)42-30-31-44(53-45-16-7-9-19-49(45)61-54(42)53)43-18-11-21-51-52(43)46-17-8-10-20-50(46)62-51/h1-34H. The molecule has 5 nitrogen and oxygen atoms in total. The minimum absolute atomic E-state index is 0.644. The van der Waals surface area contributed by atoms with Crippen LogP contribution in [0.2, 0.25) is 0 Å². The zero-order valence-electron chi connectivity index (χ0n) is 33.2. The van der Waals surface area contributed by atoms with Gasteiger partial charge in [0.15, 0.2) is 11.6 Å². The molecule has 8 aromatic carbocycles. The molecule has 12 aromatic rings. The largest absolute Gasteiger partial charge is 0.455 e. The van der Waals surface area contributed by atoms with Gasteiger partial charge in [-0.1, -0.05) is 164 Å². The van der Waals surface area contributed by atoms with Crippen molar-refractivity contribution < 1.29 is 4.42 Å². The molecule has 0 spiro atoms. The Balaban J connectivity index is 0.922. The lowest BCUT2D eigenvalue weighted by molar-refractivity contribution is 0.670. The first kappa shape index (κ1) is 35.8. The van der Waals surface area contributed by atoms with Crippen molar-refractivity contribution in [1.29, 1.82) is 0 Å². The Morgan fingerprint density at radius 1 is 0.355 bits per heavy atom. The van der Waals surface area contributed by atoms with Crippen molar-refractivity contribution in [3.8, 4) is 78.7 Å². The van der Waals surface area contributed by atoms with Crippen molar-refractivity contribution in [3.05, 3.63) is 207 Å². The number of para-hydroxylation sites is 1. The van der Waals surface area contributed by atoms with E-state index in [0.29, 0.717) is 11.6 Å². The minimum atomic E-state index is 0.644. The van der Waals surface area contributed by atoms with Gasteiger partial charge in [0.05, 0.1) is 11.4 Å². The number of hydrogen-bond acceptors (Lipinski definition) is 6. The summed E-state index contributed by atoms with van der Waals surface area (Å²) in [6.45, 7) is 0. The van der Waals surface area contributed by atoms with Gasteiger partial charge in [0, 0.05) is 76.7 Å². The number of rotatable bonds is 7. The fourth-order valence-electron chi connectivity index (χ4n) is 8.61. The van der Waals surface area contributed by atoms with Gasteiger partial charge in [-0.3, -0.25) is 0 Å². The monoisotopic (exact) mass is 810 g/mol. The predicted octanol–water partition coefficient (Wildman–Crippen LogP) is 15.2. The maximum Gasteiger partial charge on any atom is 0.160 e. The highest BCUT2D eigenvalue weighted by Crippen LogP contribution is 2.46. The van der Waals surface area contributed by atoms with E-state index in [2.05, 4.69) is 137 Å². The van der Waals surface area contributed by atoms with E-state index in [4.69, 9.17) is 14.4 Å². The molecule has 4 heterocycles. The zero-order valence-corrected chi connectivity index (χ0v) is 34.1. The van der Waals surface area contributed by atoms with Crippen LogP contribution >= 0.6 is 11.3 Å². The van der Waals surface area contributed by atoms with Crippen LogP contribution in [0, 0.1) is 0 Å². The van der Waals surface area contributed by atoms with Gasteiger partial charge in [0.2, 0.25) is 0 Å². The molecule has 0 saturated heterocycles. The zero-order chi connectivity index (χ0) is 41.0. The molecular weight excluding hydrogens is 777 g/mol. The first-order chi connectivity index (χ1) is 30.7. The Hall–Kier alpha value is -8.06. The van der Waals surface area contributed by atoms with Gasteiger partial charge in [-0.25, -0.2) is 19.9 Å². The topological polar surface area (TPSA) is 64.7 Å². The number of hydrogen-bond donors (Lipinski definition) is 0. The van der Waals surface area contributed by atoms with Crippen LogP contribution in [-0.2, 0) is 0 Å². The van der Waals surface area contributed by atoms with Crippen LogP contribution in [0.3, 0.4) is 0 Å². The summed E-state index contributed by atoms with van der Waals surface area (Å²) in [4.78, 5) is 19.6. The van der Waals surface area contributed by atoms with Gasteiger partial charge < -0.3 is 4.42 Å². The third-order valence-electron chi connectivity index (χ3n) is 11.7. The average molecular weight is 811 g/mol. The fourth-order valence-corrected chi connectivity index (χ4v) is 9.74. The predicted molar refractivity (Wildman–Crippen MR) is 256 cm³/mol. The Labute approximate surface area is 361 Å². The summed E-state index contributed by atoms with van der Waals surface area (Å²) in [7, 11) is 0. The van der Waals surface area contributed by atoms with Gasteiger partial charge in [-0.2, -0.15) is 0 Å². The molecular formula is C56H34N4OS. The molecule has 0 radical (unpaired) electrons. The highest BCUT2D eigenvalue weighted by atomic mass is 32.1. The molecule has 4 aromatic heterocycles. The number of furan rings is 1. The SMILES string of the molecule is c1ccc(-c2cnc(-c3ccc(-c4nc(-c5ccccc5)cc(-c5ccc(-c6ccc(-c7cccc8sc9ccccc9c78)c7c6oc6ccccc67)cc5)n4)cc3)nc2)cc1. The van der Waals surface area contributed by atoms with Gasteiger partial charge in [-0.05, 0) is 52.6 Å². The van der Waals surface area contributed by atoms with Crippen LogP contribution in [0.5, 0.6) is 0 Å². The smallest absolute Gasteiger partial charge is 0.160 e. The summed E-state index contributed by atoms with van der Waals surface area (Å²) in [6, 6.07) is 67.5. The van der Waals surface area contributed by atoms with E-state index in [-0.39, 0.29) is 0 Å². The molecule has 6 heteroatoms. The lowest BCUT2D eigenvalue weighted by atomic mass is 9.92. The first-order valence-electron chi connectivity index (χ1n) is 20.6. The summed E-state index contributed by atoms with van der Waals surface area (Å²) in [5, 5.41) is 4.80. The Bertz CT molecular complexity index is 3600. The molecule has 0 atom stereocenters. The van der Waals surface area contributed by atoms with Crippen LogP contribution in [0.1, 0.15) is 0 Å². The summed E-state index contributed by atoms with van der Waals surface area (Å²) in [5.74, 6) is 1.31. The number of fused-ring (bicyclic) bond motifs is 6. The summed E-state index contributed by atoms with van der Waals surface area (Å²) in [6.07, 6.45) is 3.75. The van der Waals surface area contributed by atoms with Crippen molar-refractivity contribution in [2.24, 2.45) is 0 Å². The summed E-state index contributed by atoms with van der Waals surface area (Å²) in [5.41, 5.74) is 13.9. The van der Waals surface area contributed by atoms with Crippen molar-refractivity contribution >= 4 is 53.4 Å². The van der Waals surface area contributed by atoms with E-state index in [1.54, 1.807) is 0 Å². The highest BCUT2D eigenvalue weighted by Gasteiger charge is 2.20. The molecule has 290 valence electrons. The maximum atomic E-state index is 6.76. The van der Waals surface area contributed by atoms with Gasteiger partial charge in [0.25, 0.3) is 0 Å². The second-order valence-electron chi connectivity index (χ2n) is 15.4. The molecule has 0 amide bonds. The molecule has 62 heavy (non-hydrogen) atoms. The number of thiophene rings is 1. The number of aromatic nitrogens is 4. The van der Waals surface area contributed by atoms with Crippen molar-refractivity contribution in [2.45, 2.75) is 0 Å². The third-order valence-corrected chi connectivity index (χ3v) is 12.8. The van der Waals surface area contributed by atoms with E-state index >= 15 is 0 Å². The average Bonchev–Trinajstić information content (AvgIpc) is 3.94. The first-order valence-corrected chi connectivity index (χ1v) is 21.4. The van der Waals surface area contributed by atoms with E-state index < -0.39 is 0 Å². The van der Waals surface area contributed by atoms with Crippen molar-refractivity contribution in [1.82, 2.24) is 19.9 Å². The molecule has 0 unspecified atom stereocenters. The fraction of sp³-hybridized carbons (Fsp3) is 0. The Morgan fingerprint density at radius 2 is 0.903 bits per heavy atom. The van der Waals surface area contributed by atoms with Crippen LogP contribution in [-0.4, -0.2) is 19.9 Å². The van der Waals surface area contributed by atoms with E-state index in [0.717, 1.165) is 77.8 Å². The maximum absolute atomic E-state index is 6.76. The van der Waals surface area contributed by atoms with E-state index in [1.165, 1.54) is 31.3 Å². The molecule has 0 N–H and O–H groups in total. The van der Waals surface area contributed by atoms with Gasteiger partial charge >= 0.3 is 0 Å². The lowest BCUT2D eigenvalue weighted by Crippen LogP contribution is -1.96. The molecule has 0 aliphatic rings. The number of nitrogens with zero attached hydrogens (tertiary/aromatic N) is 4. The third kappa shape index (κ3) is 6.24. The molecule has 12 rings (SSSR count). The second kappa shape index (κ2) is 14.9. The molecule has 0 fully saturated rings. The molecule has 0 aliphatic heterocycles. The van der Waals surface area contributed by atoms with Gasteiger partial charge in [0.1, 0.15) is 11.2 Å². The van der Waals surface area contributed by atoms with Crippen molar-refractivity contribution in [2.75, 3.05) is 0 Å². The van der Waals surface area contributed by atoms with Gasteiger partial charge in [-0.15, -0.1) is 11.3 Å². The Morgan fingerprint density at radius 3 is 1.65 bits per heavy atom. The van der Waals surface area contributed by atoms with Crippen molar-refractivity contribution in [3.63, 3.8) is 0 Å². The normalized spacial score (nSPS) is 11.5. The summed E-state index contributed by atoms with van der Waals surface area (Å²) < 4.78 is 9.33.